The number of pyridine rings is 1. The molecule has 3 nitrogen and oxygen atoms in total. The number of halogens is 1. The van der Waals surface area contributed by atoms with Crippen LogP contribution in [0.25, 0.3) is 0 Å². The minimum absolute atomic E-state index is 0.563. The van der Waals surface area contributed by atoms with E-state index in [0.717, 1.165) is 5.56 Å². The standard InChI is InChI=1S/C8H11ClN2O/c1-8(2,12-10)6-3-4-11-5-7(6)9/h3-5H,10H2,1-2H3. The summed E-state index contributed by atoms with van der Waals surface area (Å²) in [5, 5.41) is 0.563. The summed E-state index contributed by atoms with van der Waals surface area (Å²) in [7, 11) is 0. The first-order valence-electron chi connectivity index (χ1n) is 3.56. The van der Waals surface area contributed by atoms with E-state index in [-0.39, 0.29) is 0 Å². The molecular weight excluding hydrogens is 176 g/mol. The summed E-state index contributed by atoms with van der Waals surface area (Å²) in [5.41, 5.74) is 0.265. The highest BCUT2D eigenvalue weighted by atomic mass is 35.5. The van der Waals surface area contributed by atoms with E-state index in [0.29, 0.717) is 5.02 Å². The monoisotopic (exact) mass is 186 g/mol. The van der Waals surface area contributed by atoms with Crippen molar-refractivity contribution < 1.29 is 4.84 Å². The third-order valence-corrected chi connectivity index (χ3v) is 2.02. The molecule has 0 atom stereocenters. The molecule has 0 radical (unpaired) electrons. The van der Waals surface area contributed by atoms with Crippen LogP contribution in [0.2, 0.25) is 5.02 Å². The molecule has 1 aromatic rings. The van der Waals surface area contributed by atoms with Gasteiger partial charge in [-0.25, -0.2) is 5.90 Å². The SMILES string of the molecule is CC(C)(ON)c1ccncc1Cl. The van der Waals surface area contributed by atoms with Gasteiger partial charge in [-0.05, 0) is 19.9 Å². The van der Waals surface area contributed by atoms with Crippen LogP contribution in [0.15, 0.2) is 18.5 Å². The Bertz CT molecular complexity index is 276. The fourth-order valence-corrected chi connectivity index (χ4v) is 1.27. The topological polar surface area (TPSA) is 48.1 Å². The van der Waals surface area contributed by atoms with Gasteiger partial charge >= 0.3 is 0 Å². The quantitative estimate of drug-likeness (QED) is 0.718. The zero-order chi connectivity index (χ0) is 9.19. The number of rotatable bonds is 2. The van der Waals surface area contributed by atoms with Crippen LogP contribution < -0.4 is 5.90 Å². The van der Waals surface area contributed by atoms with Crippen molar-refractivity contribution in [3.8, 4) is 0 Å². The third kappa shape index (κ3) is 1.75. The van der Waals surface area contributed by atoms with Crippen molar-refractivity contribution in [2.75, 3.05) is 0 Å². The van der Waals surface area contributed by atoms with Gasteiger partial charge in [0, 0.05) is 18.0 Å². The smallest absolute Gasteiger partial charge is 0.110 e. The molecule has 2 N–H and O–H groups in total. The molecule has 0 aromatic carbocycles. The molecule has 0 saturated heterocycles. The molecule has 0 aliphatic rings. The predicted octanol–water partition coefficient (Wildman–Crippen LogP) is 1.86. The Hall–Kier alpha value is -0.640. The van der Waals surface area contributed by atoms with E-state index in [9.17, 15) is 0 Å². The number of hydrogen-bond acceptors (Lipinski definition) is 3. The van der Waals surface area contributed by atoms with Crippen LogP contribution >= 0.6 is 11.6 Å². The second-order valence-electron chi connectivity index (χ2n) is 2.98. The molecule has 1 rings (SSSR count). The van der Waals surface area contributed by atoms with Crippen molar-refractivity contribution in [3.63, 3.8) is 0 Å². The van der Waals surface area contributed by atoms with E-state index < -0.39 is 5.60 Å². The Morgan fingerprint density at radius 1 is 1.58 bits per heavy atom. The van der Waals surface area contributed by atoms with E-state index in [1.54, 1.807) is 18.5 Å². The van der Waals surface area contributed by atoms with Gasteiger partial charge in [-0.1, -0.05) is 11.6 Å². The molecule has 0 spiro atoms. The lowest BCUT2D eigenvalue weighted by molar-refractivity contribution is -0.0235. The van der Waals surface area contributed by atoms with E-state index in [1.807, 2.05) is 13.8 Å². The molecule has 0 bridgehead atoms. The van der Waals surface area contributed by atoms with Crippen molar-refractivity contribution in [2.45, 2.75) is 19.4 Å². The first-order valence-corrected chi connectivity index (χ1v) is 3.93. The molecule has 12 heavy (non-hydrogen) atoms. The fourth-order valence-electron chi connectivity index (χ4n) is 0.927. The molecule has 0 unspecified atom stereocenters. The van der Waals surface area contributed by atoms with E-state index >= 15 is 0 Å². The summed E-state index contributed by atoms with van der Waals surface area (Å²) < 4.78 is 0. The van der Waals surface area contributed by atoms with Gasteiger partial charge < -0.3 is 0 Å². The van der Waals surface area contributed by atoms with Crippen LogP contribution in [0, 0.1) is 0 Å². The molecule has 66 valence electrons. The lowest BCUT2D eigenvalue weighted by Gasteiger charge is -2.22. The minimum atomic E-state index is -0.569. The van der Waals surface area contributed by atoms with Crippen LogP contribution in [0.3, 0.4) is 0 Å². The van der Waals surface area contributed by atoms with Crippen molar-refractivity contribution >= 4 is 11.6 Å². The van der Waals surface area contributed by atoms with Gasteiger partial charge in [0.15, 0.2) is 0 Å². The highest BCUT2D eigenvalue weighted by Gasteiger charge is 2.22. The Morgan fingerprint density at radius 2 is 2.25 bits per heavy atom. The van der Waals surface area contributed by atoms with Crippen molar-refractivity contribution in [1.82, 2.24) is 4.98 Å². The maximum Gasteiger partial charge on any atom is 0.110 e. The normalized spacial score (nSPS) is 11.7. The molecule has 4 heteroatoms. The third-order valence-electron chi connectivity index (χ3n) is 1.72. The van der Waals surface area contributed by atoms with Crippen molar-refractivity contribution in [1.29, 1.82) is 0 Å². The van der Waals surface area contributed by atoms with Gasteiger partial charge in [0.2, 0.25) is 0 Å². The molecule has 0 aliphatic carbocycles. The van der Waals surface area contributed by atoms with Gasteiger partial charge in [0.1, 0.15) is 5.60 Å². The lowest BCUT2D eigenvalue weighted by atomic mass is 10.00. The second-order valence-corrected chi connectivity index (χ2v) is 3.39. The summed E-state index contributed by atoms with van der Waals surface area (Å²) >= 11 is 5.89. The predicted molar refractivity (Wildman–Crippen MR) is 47.5 cm³/mol. The maximum atomic E-state index is 5.89. The van der Waals surface area contributed by atoms with E-state index in [2.05, 4.69) is 4.98 Å². The zero-order valence-electron chi connectivity index (χ0n) is 7.04. The average molecular weight is 187 g/mol. The molecule has 0 aliphatic heterocycles. The Labute approximate surface area is 76.5 Å². The second kappa shape index (κ2) is 3.39. The number of hydrogen-bond donors (Lipinski definition) is 1. The Balaban J connectivity index is 3.10. The molecule has 0 amide bonds. The Kier molecular flexibility index (Phi) is 2.67. The molecule has 1 aromatic heterocycles. The van der Waals surface area contributed by atoms with Crippen LogP contribution in [0.1, 0.15) is 19.4 Å². The van der Waals surface area contributed by atoms with Crippen LogP contribution in [-0.4, -0.2) is 4.98 Å². The van der Waals surface area contributed by atoms with Gasteiger partial charge in [-0.15, -0.1) is 0 Å². The van der Waals surface area contributed by atoms with E-state index in [1.165, 1.54) is 0 Å². The highest BCUT2D eigenvalue weighted by Crippen LogP contribution is 2.28. The molecule has 1 heterocycles. The van der Waals surface area contributed by atoms with E-state index in [4.69, 9.17) is 22.3 Å². The molecule has 0 saturated carbocycles. The van der Waals surface area contributed by atoms with Gasteiger partial charge in [-0.3, -0.25) is 9.82 Å². The van der Waals surface area contributed by atoms with Gasteiger partial charge in [-0.2, -0.15) is 0 Å². The van der Waals surface area contributed by atoms with Crippen LogP contribution in [0.4, 0.5) is 0 Å². The molecular formula is C8H11ClN2O. The Morgan fingerprint density at radius 3 is 2.75 bits per heavy atom. The first-order chi connectivity index (χ1) is 5.58. The zero-order valence-corrected chi connectivity index (χ0v) is 7.80. The van der Waals surface area contributed by atoms with Crippen LogP contribution in [0.5, 0.6) is 0 Å². The van der Waals surface area contributed by atoms with Crippen molar-refractivity contribution in [3.05, 3.63) is 29.0 Å². The summed E-state index contributed by atoms with van der Waals surface area (Å²) in [6.07, 6.45) is 3.22. The minimum Gasteiger partial charge on any atom is -0.294 e. The average Bonchev–Trinajstić information content (AvgIpc) is 2.05. The van der Waals surface area contributed by atoms with Gasteiger partial charge in [0.25, 0.3) is 0 Å². The lowest BCUT2D eigenvalue weighted by Crippen LogP contribution is -2.25. The maximum absolute atomic E-state index is 5.89. The number of nitrogens with two attached hydrogens (primary N) is 1. The largest absolute Gasteiger partial charge is 0.294 e. The summed E-state index contributed by atoms with van der Waals surface area (Å²) in [4.78, 5) is 8.66. The van der Waals surface area contributed by atoms with Gasteiger partial charge in [0.05, 0.1) is 5.02 Å². The summed E-state index contributed by atoms with van der Waals surface area (Å²) in [6, 6.07) is 1.79. The number of nitrogens with zero attached hydrogens (tertiary/aromatic N) is 1. The first kappa shape index (κ1) is 9.45. The number of aromatic nitrogens is 1. The highest BCUT2D eigenvalue weighted by molar-refractivity contribution is 6.31. The van der Waals surface area contributed by atoms with Crippen LogP contribution in [-0.2, 0) is 10.4 Å². The fraction of sp³-hybridized carbons (Fsp3) is 0.375. The summed E-state index contributed by atoms with van der Waals surface area (Å²) in [6.45, 7) is 3.68. The molecule has 0 fully saturated rings. The summed E-state index contributed by atoms with van der Waals surface area (Å²) in [5.74, 6) is 5.13. The van der Waals surface area contributed by atoms with Crippen molar-refractivity contribution in [2.24, 2.45) is 5.90 Å².